The molecule has 0 bridgehead atoms. The normalized spacial score (nSPS) is 20.3. The number of anilines is 1. The number of benzene rings is 2. The van der Waals surface area contributed by atoms with Gasteiger partial charge in [-0.3, -0.25) is 14.5 Å². The molecule has 0 saturated carbocycles. The standard InChI is InChI=1S/C23H27N3O5S/c1-18-7-9-20(10-8-18)32(29,30)25(12-11-24-13-15-31-16-14-24)21-17-22(27)26(23(21)28)19-5-3-2-4-6-19/h2-10,21H,11-17H2,1H3. The highest BCUT2D eigenvalue weighted by Gasteiger charge is 2.46. The fourth-order valence-corrected chi connectivity index (χ4v) is 5.62. The highest BCUT2D eigenvalue weighted by atomic mass is 32.2. The Labute approximate surface area is 188 Å². The van der Waals surface area contributed by atoms with Crippen molar-refractivity contribution in [2.45, 2.75) is 24.3 Å². The van der Waals surface area contributed by atoms with Gasteiger partial charge in [-0.15, -0.1) is 0 Å². The van der Waals surface area contributed by atoms with Gasteiger partial charge in [-0.2, -0.15) is 4.31 Å². The van der Waals surface area contributed by atoms with Crippen molar-refractivity contribution in [1.82, 2.24) is 9.21 Å². The van der Waals surface area contributed by atoms with Crippen LogP contribution in [0.15, 0.2) is 59.5 Å². The van der Waals surface area contributed by atoms with Crippen LogP contribution in [0, 0.1) is 6.92 Å². The quantitative estimate of drug-likeness (QED) is 0.588. The van der Waals surface area contributed by atoms with Crippen molar-refractivity contribution < 1.29 is 22.7 Å². The van der Waals surface area contributed by atoms with E-state index in [-0.39, 0.29) is 17.9 Å². The first-order valence-electron chi connectivity index (χ1n) is 10.7. The zero-order valence-corrected chi connectivity index (χ0v) is 18.8. The molecule has 0 aromatic heterocycles. The van der Waals surface area contributed by atoms with Gasteiger partial charge in [-0.05, 0) is 31.2 Å². The third-order valence-electron chi connectivity index (χ3n) is 5.85. The van der Waals surface area contributed by atoms with Gasteiger partial charge in [-0.25, -0.2) is 13.3 Å². The van der Waals surface area contributed by atoms with Crippen LogP contribution in [0.5, 0.6) is 0 Å². The summed E-state index contributed by atoms with van der Waals surface area (Å²) in [7, 11) is -3.99. The summed E-state index contributed by atoms with van der Waals surface area (Å²) >= 11 is 0. The van der Waals surface area contributed by atoms with E-state index in [0.717, 1.165) is 10.5 Å². The number of nitrogens with zero attached hydrogens (tertiary/aromatic N) is 3. The summed E-state index contributed by atoms with van der Waals surface area (Å²) in [5.74, 6) is -0.916. The number of imide groups is 1. The Hall–Kier alpha value is -2.59. The second-order valence-electron chi connectivity index (χ2n) is 8.01. The van der Waals surface area contributed by atoms with Crippen LogP contribution in [0.1, 0.15) is 12.0 Å². The van der Waals surface area contributed by atoms with Crippen molar-refractivity contribution in [3.8, 4) is 0 Å². The Kier molecular flexibility index (Phi) is 6.71. The Balaban J connectivity index is 1.64. The van der Waals surface area contributed by atoms with Gasteiger partial charge in [0.2, 0.25) is 15.9 Å². The zero-order chi connectivity index (χ0) is 22.7. The average Bonchev–Trinajstić information content (AvgIpc) is 3.09. The molecule has 0 spiro atoms. The van der Waals surface area contributed by atoms with E-state index in [1.165, 1.54) is 4.31 Å². The van der Waals surface area contributed by atoms with E-state index in [4.69, 9.17) is 4.74 Å². The Morgan fingerprint density at radius 2 is 1.66 bits per heavy atom. The molecule has 4 rings (SSSR count). The number of carbonyl (C=O) groups is 2. The molecular weight excluding hydrogens is 430 g/mol. The van der Waals surface area contributed by atoms with E-state index in [9.17, 15) is 18.0 Å². The van der Waals surface area contributed by atoms with Crippen molar-refractivity contribution in [2.24, 2.45) is 0 Å². The number of hydrogen-bond donors (Lipinski definition) is 0. The predicted molar refractivity (Wildman–Crippen MR) is 120 cm³/mol. The highest BCUT2D eigenvalue weighted by Crippen LogP contribution is 2.29. The molecule has 0 aliphatic carbocycles. The average molecular weight is 458 g/mol. The number of sulfonamides is 1. The molecule has 8 nitrogen and oxygen atoms in total. The lowest BCUT2D eigenvalue weighted by molar-refractivity contribution is -0.122. The summed E-state index contributed by atoms with van der Waals surface area (Å²) in [6.07, 6.45) is -0.179. The van der Waals surface area contributed by atoms with Gasteiger partial charge >= 0.3 is 0 Å². The minimum absolute atomic E-state index is 0.114. The Morgan fingerprint density at radius 3 is 2.31 bits per heavy atom. The molecule has 170 valence electrons. The molecule has 1 unspecified atom stereocenters. The van der Waals surface area contributed by atoms with E-state index in [1.54, 1.807) is 54.6 Å². The first-order valence-corrected chi connectivity index (χ1v) is 12.1. The molecule has 2 heterocycles. The molecular formula is C23H27N3O5S. The summed E-state index contributed by atoms with van der Waals surface area (Å²) in [6.45, 7) is 5.03. The second kappa shape index (κ2) is 9.50. The van der Waals surface area contributed by atoms with Crippen molar-refractivity contribution in [3.05, 3.63) is 60.2 Å². The summed E-state index contributed by atoms with van der Waals surface area (Å²) < 4.78 is 33.8. The number of rotatable bonds is 7. The van der Waals surface area contributed by atoms with Crippen LogP contribution in [0.4, 0.5) is 5.69 Å². The smallest absolute Gasteiger partial charge is 0.252 e. The van der Waals surface area contributed by atoms with Gasteiger partial charge in [0, 0.05) is 26.2 Å². The number of amides is 2. The van der Waals surface area contributed by atoms with Gasteiger partial charge in [0.05, 0.1) is 30.2 Å². The fourth-order valence-electron chi connectivity index (χ4n) is 4.04. The third kappa shape index (κ3) is 4.61. The summed E-state index contributed by atoms with van der Waals surface area (Å²) in [6, 6.07) is 14.1. The van der Waals surface area contributed by atoms with Crippen LogP contribution in [-0.2, 0) is 24.3 Å². The Morgan fingerprint density at radius 1 is 1.00 bits per heavy atom. The molecule has 2 saturated heterocycles. The van der Waals surface area contributed by atoms with Crippen LogP contribution in [0.25, 0.3) is 0 Å². The molecule has 2 aromatic rings. The first kappa shape index (κ1) is 22.6. The number of morpholine rings is 1. The molecule has 2 aliphatic rings. The molecule has 0 N–H and O–H groups in total. The van der Waals surface area contributed by atoms with Crippen LogP contribution in [-0.4, -0.2) is 74.9 Å². The molecule has 1 atom stereocenters. The topological polar surface area (TPSA) is 87.2 Å². The van der Waals surface area contributed by atoms with Gasteiger partial charge in [-0.1, -0.05) is 35.9 Å². The van der Waals surface area contributed by atoms with Gasteiger partial charge in [0.15, 0.2) is 0 Å². The first-order chi connectivity index (χ1) is 15.4. The summed E-state index contributed by atoms with van der Waals surface area (Å²) in [5, 5.41) is 0. The lowest BCUT2D eigenvalue weighted by Crippen LogP contribution is -2.49. The van der Waals surface area contributed by atoms with Crippen LogP contribution >= 0.6 is 0 Å². The fraction of sp³-hybridized carbons (Fsp3) is 0.391. The van der Waals surface area contributed by atoms with Gasteiger partial charge in [0.1, 0.15) is 6.04 Å². The van der Waals surface area contributed by atoms with E-state index in [2.05, 4.69) is 4.90 Å². The SMILES string of the molecule is Cc1ccc(S(=O)(=O)N(CCN2CCOCC2)C2CC(=O)N(c3ccccc3)C2=O)cc1. The molecule has 0 radical (unpaired) electrons. The van der Waals surface area contributed by atoms with E-state index in [1.807, 2.05) is 6.92 Å². The molecule has 2 fully saturated rings. The van der Waals surface area contributed by atoms with Crippen LogP contribution in [0.3, 0.4) is 0 Å². The maximum Gasteiger partial charge on any atom is 0.252 e. The largest absolute Gasteiger partial charge is 0.379 e. The number of aryl methyl sites for hydroxylation is 1. The van der Waals surface area contributed by atoms with E-state index in [0.29, 0.717) is 38.5 Å². The summed E-state index contributed by atoms with van der Waals surface area (Å²) in [4.78, 5) is 29.4. The maximum absolute atomic E-state index is 13.6. The zero-order valence-electron chi connectivity index (χ0n) is 18.0. The van der Waals surface area contributed by atoms with Crippen LogP contribution in [0.2, 0.25) is 0 Å². The van der Waals surface area contributed by atoms with E-state index < -0.39 is 27.9 Å². The van der Waals surface area contributed by atoms with Gasteiger partial charge in [0.25, 0.3) is 5.91 Å². The second-order valence-corrected chi connectivity index (χ2v) is 9.90. The lowest BCUT2D eigenvalue weighted by Gasteiger charge is -2.31. The molecule has 32 heavy (non-hydrogen) atoms. The molecule has 9 heteroatoms. The lowest BCUT2D eigenvalue weighted by atomic mass is 10.2. The van der Waals surface area contributed by atoms with E-state index >= 15 is 0 Å². The number of ether oxygens (including phenoxy) is 1. The predicted octanol–water partition coefficient (Wildman–Crippen LogP) is 1.65. The number of hydrogen-bond acceptors (Lipinski definition) is 6. The summed E-state index contributed by atoms with van der Waals surface area (Å²) in [5.41, 5.74) is 1.39. The van der Waals surface area contributed by atoms with Crippen molar-refractivity contribution in [1.29, 1.82) is 0 Å². The highest BCUT2D eigenvalue weighted by molar-refractivity contribution is 7.89. The maximum atomic E-state index is 13.6. The van der Waals surface area contributed by atoms with Crippen LogP contribution < -0.4 is 4.90 Å². The van der Waals surface area contributed by atoms with Crippen molar-refractivity contribution >= 4 is 27.5 Å². The minimum Gasteiger partial charge on any atom is -0.379 e. The molecule has 2 aromatic carbocycles. The third-order valence-corrected chi connectivity index (χ3v) is 7.78. The number of carbonyl (C=O) groups excluding carboxylic acids is 2. The number of para-hydroxylation sites is 1. The molecule has 2 aliphatic heterocycles. The monoisotopic (exact) mass is 457 g/mol. The Bertz CT molecular complexity index is 1070. The van der Waals surface area contributed by atoms with Crippen molar-refractivity contribution in [3.63, 3.8) is 0 Å². The van der Waals surface area contributed by atoms with Gasteiger partial charge < -0.3 is 4.74 Å². The minimum atomic E-state index is -3.99. The molecule has 2 amide bonds. The van der Waals surface area contributed by atoms with Crippen molar-refractivity contribution in [2.75, 3.05) is 44.3 Å².